The van der Waals surface area contributed by atoms with Crippen molar-refractivity contribution in [2.75, 3.05) is 13.2 Å². The third-order valence-corrected chi connectivity index (χ3v) is 4.90. The molecule has 0 saturated heterocycles. The molecule has 0 unspecified atom stereocenters. The van der Waals surface area contributed by atoms with Gasteiger partial charge >= 0.3 is 0 Å². The van der Waals surface area contributed by atoms with Crippen molar-refractivity contribution in [3.63, 3.8) is 0 Å². The first-order valence-corrected chi connectivity index (χ1v) is 8.52. The quantitative estimate of drug-likeness (QED) is 0.809. The molecule has 0 aromatic heterocycles. The predicted octanol–water partition coefficient (Wildman–Crippen LogP) is 2.54. The van der Waals surface area contributed by atoms with E-state index in [-0.39, 0.29) is 6.61 Å². The molecule has 2 N–H and O–H groups in total. The summed E-state index contributed by atoms with van der Waals surface area (Å²) >= 11 is 0. The molecule has 2 aliphatic rings. The van der Waals surface area contributed by atoms with Crippen molar-refractivity contribution in [1.82, 2.24) is 10.2 Å². The molecule has 2 atom stereocenters. The molecule has 1 aromatic rings. The van der Waals surface area contributed by atoms with Crippen LogP contribution in [-0.4, -0.2) is 41.3 Å². The fraction of sp³-hybridized carbons (Fsp3) is 0.667. The molecule has 3 nitrogen and oxygen atoms in total. The number of hydrogen-bond acceptors (Lipinski definition) is 3. The summed E-state index contributed by atoms with van der Waals surface area (Å²) < 4.78 is 0. The van der Waals surface area contributed by atoms with Crippen molar-refractivity contribution in [1.29, 1.82) is 0 Å². The number of nitrogens with zero attached hydrogens (tertiary/aromatic N) is 1. The fourth-order valence-electron chi connectivity index (χ4n) is 3.71. The van der Waals surface area contributed by atoms with Crippen molar-refractivity contribution in [2.45, 2.75) is 63.2 Å². The lowest BCUT2D eigenvalue weighted by molar-refractivity contribution is 0.103. The molecule has 0 bridgehead atoms. The lowest BCUT2D eigenvalue weighted by atomic mass is 9.88. The third kappa shape index (κ3) is 4.06. The second-order valence-corrected chi connectivity index (χ2v) is 6.53. The number of hydrogen-bond donors (Lipinski definition) is 2. The van der Waals surface area contributed by atoms with E-state index >= 15 is 0 Å². The summed E-state index contributed by atoms with van der Waals surface area (Å²) in [6.07, 6.45) is 7.94. The van der Waals surface area contributed by atoms with Gasteiger partial charge in [0.05, 0.1) is 6.61 Å². The molecule has 2 fully saturated rings. The molecule has 3 heteroatoms. The zero-order valence-electron chi connectivity index (χ0n) is 12.9. The minimum atomic E-state index is 0.241. The molecule has 0 amide bonds. The van der Waals surface area contributed by atoms with Crippen LogP contribution >= 0.6 is 0 Å². The summed E-state index contributed by atoms with van der Waals surface area (Å²) in [5, 5.41) is 12.7. The van der Waals surface area contributed by atoms with Crippen LogP contribution in [0.15, 0.2) is 30.3 Å². The highest BCUT2D eigenvalue weighted by Gasteiger charge is 2.38. The van der Waals surface area contributed by atoms with Crippen molar-refractivity contribution in [2.24, 2.45) is 0 Å². The van der Waals surface area contributed by atoms with E-state index in [1.807, 2.05) is 0 Å². The second kappa shape index (κ2) is 7.39. The van der Waals surface area contributed by atoms with Gasteiger partial charge in [-0.3, -0.25) is 4.90 Å². The zero-order chi connectivity index (χ0) is 14.5. The van der Waals surface area contributed by atoms with E-state index in [2.05, 4.69) is 40.5 Å². The van der Waals surface area contributed by atoms with E-state index in [4.69, 9.17) is 5.11 Å². The number of benzene rings is 1. The smallest absolute Gasteiger partial charge is 0.0556 e. The monoisotopic (exact) mass is 288 g/mol. The first-order valence-electron chi connectivity index (χ1n) is 8.52. The fourth-order valence-corrected chi connectivity index (χ4v) is 3.71. The summed E-state index contributed by atoms with van der Waals surface area (Å²) in [6, 6.07) is 12.8. The Morgan fingerprint density at radius 3 is 2.52 bits per heavy atom. The molecular weight excluding hydrogens is 260 g/mol. The van der Waals surface area contributed by atoms with Gasteiger partial charge in [0, 0.05) is 31.2 Å². The van der Waals surface area contributed by atoms with E-state index < -0.39 is 0 Å². The van der Waals surface area contributed by atoms with E-state index in [1.54, 1.807) is 0 Å². The Bertz CT molecular complexity index is 418. The molecule has 116 valence electrons. The Kier molecular flexibility index (Phi) is 5.28. The maximum Gasteiger partial charge on any atom is 0.0556 e. The van der Waals surface area contributed by atoms with Gasteiger partial charge < -0.3 is 10.4 Å². The van der Waals surface area contributed by atoms with E-state index in [0.29, 0.717) is 12.1 Å². The minimum absolute atomic E-state index is 0.241. The van der Waals surface area contributed by atoms with Crippen molar-refractivity contribution in [3.05, 3.63) is 35.9 Å². The summed E-state index contributed by atoms with van der Waals surface area (Å²) in [5.41, 5.74) is 1.43. The largest absolute Gasteiger partial charge is 0.395 e. The summed E-state index contributed by atoms with van der Waals surface area (Å²) in [7, 11) is 0. The molecule has 2 aliphatic carbocycles. The van der Waals surface area contributed by atoms with Crippen LogP contribution in [-0.2, 0) is 6.54 Å². The maximum absolute atomic E-state index is 9.10. The van der Waals surface area contributed by atoms with Gasteiger partial charge in [-0.1, -0.05) is 43.2 Å². The van der Waals surface area contributed by atoms with Gasteiger partial charge in [0.25, 0.3) is 0 Å². The van der Waals surface area contributed by atoms with Crippen molar-refractivity contribution in [3.8, 4) is 0 Å². The highest BCUT2D eigenvalue weighted by molar-refractivity contribution is 5.15. The Labute approximate surface area is 128 Å². The first kappa shape index (κ1) is 15.0. The maximum atomic E-state index is 9.10. The highest BCUT2D eigenvalue weighted by Crippen LogP contribution is 2.35. The summed E-state index contributed by atoms with van der Waals surface area (Å²) in [6.45, 7) is 2.05. The van der Waals surface area contributed by atoms with E-state index in [1.165, 1.54) is 44.1 Å². The van der Waals surface area contributed by atoms with Crippen LogP contribution < -0.4 is 5.32 Å². The first-order chi connectivity index (χ1) is 10.4. The van der Waals surface area contributed by atoms with Crippen LogP contribution in [0.4, 0.5) is 0 Å². The van der Waals surface area contributed by atoms with Gasteiger partial charge in [0.2, 0.25) is 0 Å². The number of aliphatic hydroxyl groups is 1. The minimum Gasteiger partial charge on any atom is -0.395 e. The van der Waals surface area contributed by atoms with Gasteiger partial charge in [-0.15, -0.1) is 0 Å². The van der Waals surface area contributed by atoms with Gasteiger partial charge in [0.1, 0.15) is 0 Å². The Hall–Kier alpha value is -0.900. The second-order valence-electron chi connectivity index (χ2n) is 6.53. The molecule has 2 saturated carbocycles. The van der Waals surface area contributed by atoms with Crippen molar-refractivity contribution < 1.29 is 5.11 Å². The van der Waals surface area contributed by atoms with Gasteiger partial charge in [-0.25, -0.2) is 0 Å². The normalized spacial score (nSPS) is 26.2. The molecule has 0 spiro atoms. The SMILES string of the molecule is OCCN[C@@H]1CCCC[C@@H]1N(Cc1ccccc1)C1CC1. The lowest BCUT2D eigenvalue weighted by Crippen LogP contribution is -2.52. The molecule has 3 rings (SSSR count). The van der Waals surface area contributed by atoms with Crippen LogP contribution in [0.25, 0.3) is 0 Å². The average Bonchev–Trinajstić information content (AvgIpc) is 3.37. The zero-order valence-corrected chi connectivity index (χ0v) is 12.9. The molecule has 0 aliphatic heterocycles. The van der Waals surface area contributed by atoms with E-state index in [9.17, 15) is 0 Å². The summed E-state index contributed by atoms with van der Waals surface area (Å²) in [4.78, 5) is 2.74. The average molecular weight is 288 g/mol. The van der Waals surface area contributed by atoms with Crippen LogP contribution in [0.1, 0.15) is 44.1 Å². The summed E-state index contributed by atoms with van der Waals surface area (Å²) in [5.74, 6) is 0. The molecule has 0 heterocycles. The lowest BCUT2D eigenvalue weighted by Gasteiger charge is -2.41. The number of nitrogens with one attached hydrogen (secondary N) is 1. The van der Waals surface area contributed by atoms with Crippen LogP contribution in [0.5, 0.6) is 0 Å². The van der Waals surface area contributed by atoms with Gasteiger partial charge in [-0.2, -0.15) is 0 Å². The topological polar surface area (TPSA) is 35.5 Å². The Morgan fingerprint density at radius 1 is 1.05 bits per heavy atom. The Morgan fingerprint density at radius 2 is 1.81 bits per heavy atom. The molecule has 0 radical (unpaired) electrons. The predicted molar refractivity (Wildman–Crippen MR) is 86.1 cm³/mol. The third-order valence-electron chi connectivity index (χ3n) is 4.90. The van der Waals surface area contributed by atoms with Crippen LogP contribution in [0.3, 0.4) is 0 Å². The standard InChI is InChI=1S/C18H28N2O/c21-13-12-19-17-8-4-5-9-18(17)20(16-10-11-16)14-15-6-2-1-3-7-15/h1-3,6-7,16-19,21H,4-5,8-14H2/t17-,18+/m1/s1. The molecule has 1 aromatic carbocycles. The van der Waals surface area contributed by atoms with Crippen LogP contribution in [0.2, 0.25) is 0 Å². The van der Waals surface area contributed by atoms with Gasteiger partial charge in [0.15, 0.2) is 0 Å². The molecular formula is C18H28N2O. The van der Waals surface area contributed by atoms with Crippen molar-refractivity contribution >= 4 is 0 Å². The number of aliphatic hydroxyl groups excluding tert-OH is 1. The van der Waals surface area contributed by atoms with Gasteiger partial charge in [-0.05, 0) is 31.2 Å². The highest BCUT2D eigenvalue weighted by atomic mass is 16.3. The van der Waals surface area contributed by atoms with Crippen LogP contribution in [0, 0.1) is 0 Å². The molecule has 21 heavy (non-hydrogen) atoms. The number of rotatable bonds is 7. The van der Waals surface area contributed by atoms with E-state index in [0.717, 1.165) is 19.1 Å². The Balaban J connectivity index is 1.69.